The molecule has 1 aromatic heterocycles. The van der Waals surface area contributed by atoms with Crippen molar-refractivity contribution in [3.63, 3.8) is 0 Å². The van der Waals surface area contributed by atoms with Gasteiger partial charge in [-0.1, -0.05) is 48.0 Å². The summed E-state index contributed by atoms with van der Waals surface area (Å²) in [6.45, 7) is 0. The van der Waals surface area contributed by atoms with Crippen LogP contribution in [0.1, 0.15) is 23.5 Å². The van der Waals surface area contributed by atoms with Crippen LogP contribution in [0.4, 0.5) is 0 Å². The van der Waals surface area contributed by atoms with Crippen LogP contribution in [0, 0.1) is 0 Å². The van der Waals surface area contributed by atoms with Crippen LogP contribution in [-0.2, 0) is 9.53 Å². The van der Waals surface area contributed by atoms with Gasteiger partial charge in [-0.15, -0.1) is 0 Å². The number of esters is 1. The van der Waals surface area contributed by atoms with E-state index in [1.807, 2.05) is 6.07 Å². The van der Waals surface area contributed by atoms with Gasteiger partial charge in [0.05, 0.1) is 18.6 Å². The van der Waals surface area contributed by atoms with E-state index in [2.05, 4.69) is 0 Å². The quantitative estimate of drug-likeness (QED) is 0.357. The molecule has 4 rings (SSSR count). The Morgan fingerprint density at radius 1 is 1.00 bits per heavy atom. The lowest BCUT2D eigenvalue weighted by Gasteiger charge is -2.20. The number of carbonyl (C=O) groups excluding carboxylic acids is 1. The summed E-state index contributed by atoms with van der Waals surface area (Å²) in [6, 6.07) is 15.5. The topological polar surface area (TPSA) is 117 Å². The van der Waals surface area contributed by atoms with Crippen LogP contribution < -0.4 is 5.43 Å². The van der Waals surface area contributed by atoms with Gasteiger partial charge in [0.1, 0.15) is 34.0 Å². The molecule has 3 N–H and O–H groups in total. The summed E-state index contributed by atoms with van der Waals surface area (Å²) in [5.74, 6) is -2.24. The number of phenols is 3. The van der Waals surface area contributed by atoms with Gasteiger partial charge >= 0.3 is 5.97 Å². The van der Waals surface area contributed by atoms with Crippen molar-refractivity contribution >= 4 is 28.5 Å². The van der Waals surface area contributed by atoms with E-state index in [1.165, 1.54) is 31.4 Å². The molecule has 0 bridgehead atoms. The van der Waals surface area contributed by atoms with E-state index in [9.17, 15) is 24.9 Å². The van der Waals surface area contributed by atoms with Crippen LogP contribution in [0.3, 0.4) is 0 Å². The van der Waals surface area contributed by atoms with Gasteiger partial charge in [-0.2, -0.15) is 0 Å². The van der Waals surface area contributed by atoms with Crippen molar-refractivity contribution in [2.75, 3.05) is 7.11 Å². The molecule has 0 saturated carbocycles. The standard InChI is InChI=1S/C25H19ClO7/c1-32-22(31)10-15(14-7-8-17(27)16(26)9-14)23-18(28)11-19(29)24-20(30)12-21(33-25(23)24)13-5-3-2-4-6-13/h2-9,11-12,15,27-29H,10H2,1H3/t15-/m0/s1. The van der Waals surface area contributed by atoms with E-state index in [1.54, 1.807) is 24.3 Å². The zero-order valence-corrected chi connectivity index (χ0v) is 18.2. The van der Waals surface area contributed by atoms with Crippen molar-refractivity contribution in [2.24, 2.45) is 0 Å². The van der Waals surface area contributed by atoms with Crippen molar-refractivity contribution in [1.29, 1.82) is 0 Å². The number of hydrogen-bond acceptors (Lipinski definition) is 7. The SMILES string of the molecule is COC(=O)C[C@@H](c1ccc(O)c(Cl)c1)c1c(O)cc(O)c2c(=O)cc(-c3ccccc3)oc12. The lowest BCUT2D eigenvalue weighted by molar-refractivity contribution is -0.140. The molecule has 1 atom stereocenters. The maximum absolute atomic E-state index is 12.9. The summed E-state index contributed by atoms with van der Waals surface area (Å²) in [5.41, 5.74) is 0.580. The zero-order chi connectivity index (χ0) is 23.7. The molecule has 0 aliphatic heterocycles. The summed E-state index contributed by atoms with van der Waals surface area (Å²) in [4.78, 5) is 25.2. The second kappa shape index (κ2) is 8.88. The van der Waals surface area contributed by atoms with Gasteiger partial charge in [-0.25, -0.2) is 0 Å². The van der Waals surface area contributed by atoms with Crippen molar-refractivity contribution in [2.45, 2.75) is 12.3 Å². The number of hydrogen-bond donors (Lipinski definition) is 3. The molecule has 0 spiro atoms. The van der Waals surface area contributed by atoms with E-state index < -0.39 is 23.1 Å². The number of aromatic hydroxyl groups is 3. The zero-order valence-electron chi connectivity index (χ0n) is 17.4. The minimum absolute atomic E-state index is 0.0383. The minimum Gasteiger partial charge on any atom is -0.507 e. The Hall–Kier alpha value is -3.97. The monoisotopic (exact) mass is 466 g/mol. The highest BCUT2D eigenvalue weighted by atomic mass is 35.5. The van der Waals surface area contributed by atoms with Gasteiger partial charge in [0.15, 0.2) is 5.43 Å². The fraction of sp³-hybridized carbons (Fsp3) is 0.120. The van der Waals surface area contributed by atoms with Crippen molar-refractivity contribution in [1.82, 2.24) is 0 Å². The molecule has 33 heavy (non-hydrogen) atoms. The fourth-order valence-electron chi connectivity index (χ4n) is 3.78. The molecular formula is C25H19ClO7. The number of rotatable bonds is 5. The van der Waals surface area contributed by atoms with Crippen LogP contribution in [-0.4, -0.2) is 28.4 Å². The van der Waals surface area contributed by atoms with Gasteiger partial charge in [-0.05, 0) is 17.7 Å². The second-order valence-electron chi connectivity index (χ2n) is 7.42. The van der Waals surface area contributed by atoms with E-state index in [0.717, 1.165) is 6.07 Å². The average molecular weight is 467 g/mol. The maximum atomic E-state index is 12.9. The smallest absolute Gasteiger partial charge is 0.306 e. The Labute approximate surface area is 193 Å². The van der Waals surface area contributed by atoms with Crippen LogP contribution >= 0.6 is 11.6 Å². The van der Waals surface area contributed by atoms with Crippen LogP contribution in [0.5, 0.6) is 17.2 Å². The molecule has 0 amide bonds. The predicted molar refractivity (Wildman–Crippen MR) is 123 cm³/mol. The Balaban J connectivity index is 2.05. The second-order valence-corrected chi connectivity index (χ2v) is 7.82. The molecule has 7 nitrogen and oxygen atoms in total. The highest BCUT2D eigenvalue weighted by Gasteiger charge is 2.28. The third-order valence-electron chi connectivity index (χ3n) is 5.38. The van der Waals surface area contributed by atoms with Gasteiger partial charge in [0.25, 0.3) is 0 Å². The lowest BCUT2D eigenvalue weighted by atomic mass is 9.86. The van der Waals surface area contributed by atoms with Crippen molar-refractivity contribution in [3.05, 3.63) is 87.0 Å². The Kier molecular flexibility index (Phi) is 5.98. The summed E-state index contributed by atoms with van der Waals surface area (Å²) in [7, 11) is 1.23. The Morgan fingerprint density at radius 3 is 2.39 bits per heavy atom. The number of ether oxygens (including phenoxy) is 1. The fourth-order valence-corrected chi connectivity index (χ4v) is 3.97. The molecule has 8 heteroatoms. The van der Waals surface area contributed by atoms with Crippen LogP contribution in [0.2, 0.25) is 5.02 Å². The first kappa shape index (κ1) is 22.2. The lowest BCUT2D eigenvalue weighted by Crippen LogP contribution is -2.12. The van der Waals surface area contributed by atoms with E-state index in [4.69, 9.17) is 20.8 Å². The van der Waals surface area contributed by atoms with Gasteiger partial charge < -0.3 is 24.5 Å². The average Bonchev–Trinajstić information content (AvgIpc) is 2.80. The highest BCUT2D eigenvalue weighted by Crippen LogP contribution is 2.43. The number of carbonyl (C=O) groups is 1. The number of methoxy groups -OCH3 is 1. The van der Waals surface area contributed by atoms with Crippen LogP contribution in [0.15, 0.2) is 69.9 Å². The number of fused-ring (bicyclic) bond motifs is 1. The molecule has 3 aromatic carbocycles. The Bertz CT molecular complexity index is 1410. The molecule has 0 radical (unpaired) electrons. The van der Waals surface area contributed by atoms with E-state index >= 15 is 0 Å². The highest BCUT2D eigenvalue weighted by molar-refractivity contribution is 6.32. The summed E-state index contributed by atoms with van der Waals surface area (Å²) < 4.78 is 10.9. The number of halogens is 1. The van der Waals surface area contributed by atoms with Crippen LogP contribution in [0.25, 0.3) is 22.3 Å². The molecule has 0 unspecified atom stereocenters. The van der Waals surface area contributed by atoms with E-state index in [0.29, 0.717) is 11.1 Å². The molecule has 0 aliphatic rings. The largest absolute Gasteiger partial charge is 0.507 e. The normalized spacial score (nSPS) is 11.9. The molecule has 168 valence electrons. The third kappa shape index (κ3) is 4.23. The van der Waals surface area contributed by atoms with Gasteiger partial charge in [-0.3, -0.25) is 9.59 Å². The minimum atomic E-state index is -0.868. The molecule has 1 heterocycles. The summed E-state index contributed by atoms with van der Waals surface area (Å²) >= 11 is 6.09. The summed E-state index contributed by atoms with van der Waals surface area (Å²) in [5, 5.41) is 31.0. The third-order valence-corrected chi connectivity index (χ3v) is 5.68. The molecular weight excluding hydrogens is 448 g/mol. The molecule has 0 fully saturated rings. The van der Waals surface area contributed by atoms with Crippen molar-refractivity contribution < 1.29 is 29.3 Å². The predicted octanol–water partition coefficient (Wildman–Crippen LogP) is 4.93. The molecule has 4 aromatic rings. The van der Waals surface area contributed by atoms with E-state index in [-0.39, 0.29) is 45.2 Å². The number of phenolic OH excluding ortho intramolecular Hbond substituents is 3. The Morgan fingerprint density at radius 2 is 1.73 bits per heavy atom. The maximum Gasteiger partial charge on any atom is 0.306 e. The first-order chi connectivity index (χ1) is 15.8. The molecule has 0 saturated heterocycles. The first-order valence-corrected chi connectivity index (χ1v) is 10.3. The van der Waals surface area contributed by atoms with Crippen molar-refractivity contribution in [3.8, 4) is 28.6 Å². The molecule has 0 aliphatic carbocycles. The number of benzene rings is 3. The summed E-state index contributed by atoms with van der Waals surface area (Å²) in [6.07, 6.45) is -0.232. The first-order valence-electron chi connectivity index (χ1n) is 9.93. The van der Waals surface area contributed by atoms with Gasteiger partial charge in [0, 0.05) is 29.2 Å². The van der Waals surface area contributed by atoms with Gasteiger partial charge in [0.2, 0.25) is 0 Å².